The number of carbonyl (C=O) groups excluding carboxylic acids is 1. The number of benzene rings is 1. The Morgan fingerprint density at radius 3 is 3.00 bits per heavy atom. The van der Waals surface area contributed by atoms with Gasteiger partial charge in [0.15, 0.2) is 5.13 Å². The van der Waals surface area contributed by atoms with Crippen LogP contribution in [0.15, 0.2) is 12.1 Å². The summed E-state index contributed by atoms with van der Waals surface area (Å²) in [6, 6.07) is 3.82. The van der Waals surface area contributed by atoms with Crippen molar-refractivity contribution in [1.82, 2.24) is 4.98 Å². The summed E-state index contributed by atoms with van der Waals surface area (Å²) in [4.78, 5) is 16.1. The van der Waals surface area contributed by atoms with Gasteiger partial charge in [0.1, 0.15) is 0 Å². The normalized spacial score (nSPS) is 12.6. The molecule has 2 rings (SSSR count). The highest BCUT2D eigenvalue weighted by Gasteiger charge is 2.16. The lowest BCUT2D eigenvalue weighted by Gasteiger charge is -2.06. The first-order valence-electron chi connectivity index (χ1n) is 6.03. The highest BCUT2D eigenvalue weighted by atomic mass is 79.9. The van der Waals surface area contributed by atoms with E-state index >= 15 is 0 Å². The van der Waals surface area contributed by atoms with Gasteiger partial charge in [-0.3, -0.25) is 4.79 Å². The summed E-state index contributed by atoms with van der Waals surface area (Å²) in [5.41, 5.74) is 1.83. The van der Waals surface area contributed by atoms with Crippen molar-refractivity contribution in [1.29, 1.82) is 0 Å². The van der Waals surface area contributed by atoms with Gasteiger partial charge in [0.25, 0.3) is 0 Å². The first kappa shape index (κ1) is 14.8. The van der Waals surface area contributed by atoms with Crippen LogP contribution in [0.25, 0.3) is 10.2 Å². The summed E-state index contributed by atoms with van der Waals surface area (Å²) < 4.78 is 1.03. The van der Waals surface area contributed by atoms with Gasteiger partial charge in [-0.15, -0.1) is 0 Å². The van der Waals surface area contributed by atoms with E-state index in [-0.39, 0.29) is 10.7 Å². The predicted octanol–water partition coefficient (Wildman–Crippen LogP) is 4.76. The molecular formula is C13H14BrClN2OS. The number of halogens is 2. The number of rotatable bonds is 4. The van der Waals surface area contributed by atoms with E-state index in [1.165, 1.54) is 11.3 Å². The quantitative estimate of drug-likeness (QED) is 0.798. The topological polar surface area (TPSA) is 42.0 Å². The number of fused-ring (bicyclic) bond motifs is 1. The van der Waals surface area contributed by atoms with Crippen molar-refractivity contribution in [2.24, 2.45) is 0 Å². The van der Waals surface area contributed by atoms with Gasteiger partial charge in [-0.2, -0.15) is 0 Å². The zero-order chi connectivity index (χ0) is 14.0. The van der Waals surface area contributed by atoms with E-state index in [9.17, 15) is 4.79 Å². The van der Waals surface area contributed by atoms with E-state index in [4.69, 9.17) is 11.6 Å². The summed E-state index contributed by atoms with van der Waals surface area (Å²) >= 11 is 10.9. The van der Waals surface area contributed by atoms with Crippen molar-refractivity contribution < 1.29 is 4.79 Å². The Balaban J connectivity index is 2.20. The third-order valence-corrected chi connectivity index (χ3v) is 4.94. The number of amides is 1. The molecule has 1 aromatic heterocycles. The number of nitrogens with one attached hydrogen (secondary N) is 1. The van der Waals surface area contributed by atoms with Crippen LogP contribution in [0.1, 0.15) is 25.3 Å². The second-order valence-electron chi connectivity index (χ2n) is 4.33. The number of thiazole rings is 1. The molecule has 0 radical (unpaired) electrons. The largest absolute Gasteiger partial charge is 0.301 e. The van der Waals surface area contributed by atoms with E-state index in [0.717, 1.165) is 28.6 Å². The first-order valence-corrected chi connectivity index (χ1v) is 8.14. The van der Waals surface area contributed by atoms with E-state index in [2.05, 4.69) is 26.2 Å². The zero-order valence-corrected chi connectivity index (χ0v) is 13.8. The average molecular weight is 362 g/mol. The van der Waals surface area contributed by atoms with Gasteiger partial charge in [-0.25, -0.2) is 4.98 Å². The number of alkyl halides is 1. The van der Waals surface area contributed by atoms with Crippen LogP contribution in [0.2, 0.25) is 5.02 Å². The summed E-state index contributed by atoms with van der Waals surface area (Å²) in [6.07, 6.45) is 1.76. The van der Waals surface area contributed by atoms with Gasteiger partial charge in [0, 0.05) is 5.02 Å². The number of aryl methyl sites for hydroxylation is 1. The lowest BCUT2D eigenvalue weighted by atomic mass is 10.2. The minimum Gasteiger partial charge on any atom is -0.301 e. The molecule has 0 bridgehead atoms. The Morgan fingerprint density at radius 1 is 1.58 bits per heavy atom. The molecule has 19 heavy (non-hydrogen) atoms. The molecule has 1 amide bonds. The molecule has 2 aromatic rings. The fraction of sp³-hybridized carbons (Fsp3) is 0.385. The maximum absolute atomic E-state index is 11.9. The molecule has 6 heteroatoms. The highest BCUT2D eigenvalue weighted by Crippen LogP contribution is 2.30. The molecule has 3 nitrogen and oxygen atoms in total. The lowest BCUT2D eigenvalue weighted by molar-refractivity contribution is -0.115. The van der Waals surface area contributed by atoms with Crippen molar-refractivity contribution >= 4 is 60.1 Å². The van der Waals surface area contributed by atoms with Crippen molar-refractivity contribution in [3.05, 3.63) is 22.7 Å². The molecule has 102 valence electrons. The standard InChI is InChI=1S/C13H14BrClN2OS/c1-3-4-8(14)12(18)17-13-16-10-6-9(15)7(2)5-11(10)19-13/h5-6,8H,3-4H2,1-2H3,(H,16,17,18). The van der Waals surface area contributed by atoms with E-state index in [1.54, 1.807) is 0 Å². The third kappa shape index (κ3) is 3.46. The second-order valence-corrected chi connectivity index (χ2v) is 6.88. The fourth-order valence-electron chi connectivity index (χ4n) is 1.67. The van der Waals surface area contributed by atoms with Crippen LogP contribution in [0.5, 0.6) is 0 Å². The molecule has 1 N–H and O–H groups in total. The molecule has 0 saturated carbocycles. The molecule has 1 unspecified atom stereocenters. The fourth-order valence-corrected chi connectivity index (χ4v) is 3.35. The van der Waals surface area contributed by atoms with Crippen LogP contribution in [0, 0.1) is 6.92 Å². The van der Waals surface area contributed by atoms with Gasteiger partial charge in [0.05, 0.1) is 15.0 Å². The van der Waals surface area contributed by atoms with Gasteiger partial charge < -0.3 is 5.32 Å². The number of anilines is 1. The van der Waals surface area contributed by atoms with E-state index in [0.29, 0.717) is 10.2 Å². The van der Waals surface area contributed by atoms with Crippen LogP contribution in [-0.2, 0) is 4.79 Å². The van der Waals surface area contributed by atoms with Gasteiger partial charge in [-0.05, 0) is 31.0 Å². The average Bonchev–Trinajstić information content (AvgIpc) is 2.71. The molecule has 1 heterocycles. The number of carbonyl (C=O) groups is 1. The highest BCUT2D eigenvalue weighted by molar-refractivity contribution is 9.10. The lowest BCUT2D eigenvalue weighted by Crippen LogP contribution is -2.22. The van der Waals surface area contributed by atoms with Crippen molar-refractivity contribution in [2.45, 2.75) is 31.5 Å². The molecule has 1 atom stereocenters. The Hall–Kier alpha value is -0.650. The molecule has 1 aromatic carbocycles. The molecule has 0 aliphatic rings. The number of nitrogens with zero attached hydrogens (tertiary/aromatic N) is 1. The van der Waals surface area contributed by atoms with Crippen LogP contribution < -0.4 is 5.32 Å². The predicted molar refractivity (Wildman–Crippen MR) is 85.6 cm³/mol. The van der Waals surface area contributed by atoms with Gasteiger partial charge in [-0.1, -0.05) is 52.2 Å². The maximum Gasteiger partial charge on any atom is 0.239 e. The van der Waals surface area contributed by atoms with Crippen molar-refractivity contribution in [3.8, 4) is 0 Å². The van der Waals surface area contributed by atoms with Crippen LogP contribution in [0.4, 0.5) is 5.13 Å². The molecule has 0 spiro atoms. The molecular weight excluding hydrogens is 348 g/mol. The first-order chi connectivity index (χ1) is 9.01. The Kier molecular flexibility index (Phi) is 4.81. The molecule has 0 aliphatic heterocycles. The number of hydrogen-bond acceptors (Lipinski definition) is 3. The minimum absolute atomic E-state index is 0.0521. The second kappa shape index (κ2) is 6.20. The summed E-state index contributed by atoms with van der Waals surface area (Å²) in [6.45, 7) is 4.00. The molecule has 0 fully saturated rings. The maximum atomic E-state index is 11.9. The Bertz CT molecular complexity index is 575. The summed E-state index contributed by atoms with van der Waals surface area (Å²) in [5.74, 6) is -0.0521. The monoisotopic (exact) mass is 360 g/mol. The number of hydrogen-bond donors (Lipinski definition) is 1. The minimum atomic E-state index is -0.171. The SMILES string of the molecule is CCCC(Br)C(=O)Nc1nc2cc(Cl)c(C)cc2s1. The number of aromatic nitrogens is 1. The molecule has 0 saturated heterocycles. The van der Waals surface area contributed by atoms with Crippen LogP contribution in [-0.4, -0.2) is 15.7 Å². The van der Waals surface area contributed by atoms with Crippen LogP contribution in [0.3, 0.4) is 0 Å². The van der Waals surface area contributed by atoms with Crippen molar-refractivity contribution in [2.75, 3.05) is 5.32 Å². The summed E-state index contributed by atoms with van der Waals surface area (Å²) in [7, 11) is 0. The van der Waals surface area contributed by atoms with E-state index < -0.39 is 0 Å². The van der Waals surface area contributed by atoms with Crippen LogP contribution >= 0.6 is 38.9 Å². The zero-order valence-electron chi connectivity index (χ0n) is 10.7. The Morgan fingerprint density at radius 2 is 2.32 bits per heavy atom. The smallest absolute Gasteiger partial charge is 0.239 e. The van der Waals surface area contributed by atoms with Gasteiger partial charge in [0.2, 0.25) is 5.91 Å². The van der Waals surface area contributed by atoms with E-state index in [1.807, 2.05) is 26.0 Å². The third-order valence-electron chi connectivity index (χ3n) is 2.73. The summed E-state index contributed by atoms with van der Waals surface area (Å²) in [5, 5.41) is 4.14. The van der Waals surface area contributed by atoms with Gasteiger partial charge >= 0.3 is 0 Å². The van der Waals surface area contributed by atoms with Crippen molar-refractivity contribution in [3.63, 3.8) is 0 Å². The Labute approximate surface area is 129 Å². The molecule has 0 aliphatic carbocycles.